The summed E-state index contributed by atoms with van der Waals surface area (Å²) in [6.07, 6.45) is 2.98. The number of hydrogen-bond donors (Lipinski definition) is 10. The lowest BCUT2D eigenvalue weighted by molar-refractivity contribution is -0.140. The molecule has 2 rings (SSSR count). The second kappa shape index (κ2) is 23.1. The van der Waals surface area contributed by atoms with Crippen LogP contribution in [0.15, 0.2) is 0 Å². The number of hydrogen-bond acceptors (Lipinski definition) is 10. The number of carbonyl (C=O) groups excluding carboxylic acids is 5. The highest BCUT2D eigenvalue weighted by molar-refractivity contribution is 5.85. The maximum Gasteiger partial charge on any atom is 0.305 e. The van der Waals surface area contributed by atoms with Crippen LogP contribution in [0.5, 0.6) is 0 Å². The molecule has 0 aromatic heterocycles. The molecular formula is C36H63N7O10. The van der Waals surface area contributed by atoms with Gasteiger partial charge in [0.25, 0.3) is 0 Å². The zero-order chi connectivity index (χ0) is 39.7. The summed E-state index contributed by atoms with van der Waals surface area (Å²) >= 11 is 0. The minimum Gasteiger partial charge on any atom is -0.481 e. The Labute approximate surface area is 312 Å². The Hall–Kier alpha value is -3.83. The number of carboxylic acids is 2. The van der Waals surface area contributed by atoms with Gasteiger partial charge in [0, 0.05) is 62.4 Å². The molecule has 0 radical (unpaired) electrons. The molecule has 1 saturated carbocycles. The first-order chi connectivity index (χ1) is 25.0. The number of rotatable bonds is 22. The molecule has 8 atom stereocenters. The molecule has 11 N–H and O–H groups in total. The Kier molecular flexibility index (Phi) is 19.7. The fourth-order valence-electron chi connectivity index (χ4n) is 6.98. The normalized spacial score (nSPS) is 22.5. The highest BCUT2D eigenvalue weighted by Gasteiger charge is 2.35. The van der Waals surface area contributed by atoms with Gasteiger partial charge in [-0.15, -0.1) is 0 Å². The zero-order valence-electron chi connectivity index (χ0n) is 31.7. The topological polar surface area (TPSA) is 278 Å². The maximum absolute atomic E-state index is 13.6. The molecule has 5 amide bonds. The monoisotopic (exact) mass is 753 g/mol. The highest BCUT2D eigenvalue weighted by Crippen LogP contribution is 2.23. The molecular weight excluding hydrogens is 690 g/mol. The summed E-state index contributed by atoms with van der Waals surface area (Å²) in [7, 11) is 0. The van der Waals surface area contributed by atoms with Crippen molar-refractivity contribution in [2.45, 2.75) is 141 Å². The zero-order valence-corrected chi connectivity index (χ0v) is 31.7. The predicted molar refractivity (Wildman–Crippen MR) is 195 cm³/mol. The first kappa shape index (κ1) is 45.3. The Morgan fingerprint density at radius 2 is 1.34 bits per heavy atom. The number of nitrogens with one attached hydrogen (secondary N) is 6. The van der Waals surface area contributed by atoms with E-state index in [1.165, 1.54) is 0 Å². The van der Waals surface area contributed by atoms with Gasteiger partial charge in [0.05, 0.1) is 30.9 Å². The minimum atomic E-state index is -1.18. The van der Waals surface area contributed by atoms with Crippen LogP contribution in [0.2, 0.25) is 0 Å². The maximum atomic E-state index is 13.6. The average Bonchev–Trinajstić information content (AvgIpc) is 3.06. The molecule has 17 heteroatoms. The second-order valence-corrected chi connectivity index (χ2v) is 15.4. The summed E-state index contributed by atoms with van der Waals surface area (Å²) in [5.74, 6) is -5.32. The third-order valence-electron chi connectivity index (χ3n) is 9.90. The molecule has 0 unspecified atom stereocenters. The van der Waals surface area contributed by atoms with Crippen LogP contribution >= 0.6 is 0 Å². The van der Waals surface area contributed by atoms with Crippen LogP contribution in [-0.4, -0.2) is 113 Å². The Morgan fingerprint density at radius 1 is 0.717 bits per heavy atom. The molecule has 2 fully saturated rings. The SMILES string of the molecule is CC(C)C[C@@H](CC(=O)N[C@@H](CCC(=O)O)CC(=O)O)NC(=O)[C@@H]1CNCC[C@H]1NC(=O)C[C@@H](NC(=O)C[C@H](CO)NC(=O)[C@@H]1CCCC[C@H]1N)C(C)C. The van der Waals surface area contributed by atoms with Crippen LogP contribution in [0.3, 0.4) is 0 Å². The van der Waals surface area contributed by atoms with Crippen molar-refractivity contribution in [1.82, 2.24) is 31.9 Å². The second-order valence-electron chi connectivity index (χ2n) is 15.4. The standard InChI is InChI=1S/C36H63N7O10/c1-20(2)13-23(14-30(45)39-22(16-34(50)51)9-10-33(48)49)40-36(53)26-18-38-12-11-28(26)42-32(47)17-29(21(3)4)43-31(46)15-24(19-44)41-35(52)25-7-5-6-8-27(25)37/h20-29,38,44H,5-19,37H2,1-4H3,(H,39,45)(H,40,53)(H,41,52)(H,42,47)(H,43,46)(H,48,49)(H,50,51)/t22-,23-,24+,25+,26+,27+,28+,29+/m0/s1. The Morgan fingerprint density at radius 3 is 1.94 bits per heavy atom. The van der Waals surface area contributed by atoms with Crippen LogP contribution in [0.1, 0.15) is 105 Å². The average molecular weight is 754 g/mol. The molecule has 53 heavy (non-hydrogen) atoms. The number of aliphatic carboxylic acids is 2. The summed E-state index contributed by atoms with van der Waals surface area (Å²) in [6.45, 7) is 7.97. The highest BCUT2D eigenvalue weighted by atomic mass is 16.4. The summed E-state index contributed by atoms with van der Waals surface area (Å²) in [6, 6.07) is -3.64. The smallest absolute Gasteiger partial charge is 0.305 e. The number of nitrogens with two attached hydrogens (primary N) is 1. The van der Waals surface area contributed by atoms with E-state index in [9.17, 15) is 43.8 Å². The van der Waals surface area contributed by atoms with Crippen LogP contribution in [0.4, 0.5) is 0 Å². The van der Waals surface area contributed by atoms with Gasteiger partial charge in [-0.3, -0.25) is 33.6 Å². The van der Waals surface area contributed by atoms with Crippen molar-refractivity contribution in [1.29, 1.82) is 0 Å². The molecule has 1 saturated heterocycles. The van der Waals surface area contributed by atoms with Crippen LogP contribution in [0.25, 0.3) is 0 Å². The van der Waals surface area contributed by atoms with Crippen molar-refractivity contribution >= 4 is 41.5 Å². The van der Waals surface area contributed by atoms with Gasteiger partial charge in [0.2, 0.25) is 29.5 Å². The molecule has 1 aliphatic carbocycles. The number of piperidine rings is 1. The van der Waals surface area contributed by atoms with Crippen LogP contribution in [-0.2, 0) is 33.6 Å². The Balaban J connectivity index is 1.99. The van der Waals surface area contributed by atoms with Gasteiger partial charge in [-0.2, -0.15) is 0 Å². The van der Waals surface area contributed by atoms with E-state index in [0.717, 1.165) is 19.3 Å². The summed E-state index contributed by atoms with van der Waals surface area (Å²) in [4.78, 5) is 88.0. The van der Waals surface area contributed by atoms with Crippen LogP contribution in [0, 0.1) is 23.7 Å². The largest absolute Gasteiger partial charge is 0.481 e. The van der Waals surface area contributed by atoms with E-state index in [0.29, 0.717) is 25.8 Å². The molecule has 0 aromatic rings. The van der Waals surface area contributed by atoms with Gasteiger partial charge in [-0.05, 0) is 50.5 Å². The van der Waals surface area contributed by atoms with Crippen LogP contribution < -0.4 is 37.6 Å². The molecule has 0 aromatic carbocycles. The van der Waals surface area contributed by atoms with Crippen molar-refractivity contribution < 1.29 is 48.9 Å². The van der Waals surface area contributed by atoms with Gasteiger partial charge in [0.15, 0.2) is 0 Å². The van der Waals surface area contributed by atoms with Gasteiger partial charge >= 0.3 is 11.9 Å². The Bertz CT molecular complexity index is 1250. The van der Waals surface area contributed by atoms with E-state index in [1.54, 1.807) is 0 Å². The number of aliphatic hydroxyl groups is 1. The first-order valence-corrected chi connectivity index (χ1v) is 19.0. The predicted octanol–water partition coefficient (Wildman–Crippen LogP) is -0.258. The van der Waals surface area contributed by atoms with E-state index in [-0.39, 0.29) is 80.2 Å². The lowest BCUT2D eigenvalue weighted by atomic mass is 9.84. The number of carbonyl (C=O) groups is 7. The van der Waals surface area contributed by atoms with E-state index in [4.69, 9.17) is 10.8 Å². The minimum absolute atomic E-state index is 0.0532. The molecule has 1 heterocycles. The van der Waals surface area contributed by atoms with Crippen molar-refractivity contribution in [3.8, 4) is 0 Å². The molecule has 17 nitrogen and oxygen atoms in total. The lowest BCUT2D eigenvalue weighted by Crippen LogP contribution is -2.57. The number of carboxylic acid groups (broad SMARTS) is 2. The van der Waals surface area contributed by atoms with E-state index >= 15 is 0 Å². The van der Waals surface area contributed by atoms with Crippen molar-refractivity contribution in [2.24, 2.45) is 29.4 Å². The molecule has 2 aliphatic rings. The van der Waals surface area contributed by atoms with Crippen molar-refractivity contribution in [3.05, 3.63) is 0 Å². The molecule has 302 valence electrons. The van der Waals surface area contributed by atoms with Crippen molar-refractivity contribution in [2.75, 3.05) is 19.7 Å². The lowest BCUT2D eigenvalue weighted by Gasteiger charge is -2.34. The number of aliphatic hydroxyl groups excluding tert-OH is 1. The summed E-state index contributed by atoms with van der Waals surface area (Å²) in [5, 5.41) is 45.4. The summed E-state index contributed by atoms with van der Waals surface area (Å²) in [5.41, 5.74) is 6.12. The van der Waals surface area contributed by atoms with Gasteiger partial charge in [-0.25, -0.2) is 0 Å². The fourth-order valence-corrected chi connectivity index (χ4v) is 6.98. The van der Waals surface area contributed by atoms with E-state index in [2.05, 4.69) is 31.9 Å². The van der Waals surface area contributed by atoms with E-state index in [1.807, 2.05) is 27.7 Å². The number of amides is 5. The third kappa shape index (κ3) is 17.2. The van der Waals surface area contributed by atoms with Gasteiger partial charge in [-0.1, -0.05) is 40.5 Å². The van der Waals surface area contributed by atoms with Crippen molar-refractivity contribution in [3.63, 3.8) is 0 Å². The first-order valence-electron chi connectivity index (χ1n) is 19.0. The molecule has 0 bridgehead atoms. The molecule has 1 aliphatic heterocycles. The summed E-state index contributed by atoms with van der Waals surface area (Å²) < 4.78 is 0. The molecule has 0 spiro atoms. The third-order valence-corrected chi connectivity index (χ3v) is 9.90. The van der Waals surface area contributed by atoms with Gasteiger partial charge < -0.3 is 53.0 Å². The van der Waals surface area contributed by atoms with Gasteiger partial charge in [0.1, 0.15) is 0 Å². The quantitative estimate of drug-likeness (QED) is 0.0685. The fraction of sp³-hybridized carbons (Fsp3) is 0.806. The van der Waals surface area contributed by atoms with E-state index < -0.39 is 72.9 Å².